The third kappa shape index (κ3) is 4.62. The van der Waals surface area contributed by atoms with E-state index in [0.717, 1.165) is 35.0 Å². The van der Waals surface area contributed by atoms with Crippen LogP contribution in [0, 0.1) is 6.92 Å². The first-order chi connectivity index (χ1) is 15.9. The van der Waals surface area contributed by atoms with Gasteiger partial charge in [-0.05, 0) is 62.4 Å². The molecule has 33 heavy (non-hydrogen) atoms. The van der Waals surface area contributed by atoms with E-state index < -0.39 is 17.7 Å². The van der Waals surface area contributed by atoms with Crippen LogP contribution in [0.5, 0.6) is 5.75 Å². The predicted molar refractivity (Wildman–Crippen MR) is 125 cm³/mol. The first-order valence-electron chi connectivity index (χ1n) is 11.1. The van der Waals surface area contributed by atoms with Gasteiger partial charge in [0.25, 0.3) is 5.91 Å². The van der Waals surface area contributed by atoms with E-state index in [0.29, 0.717) is 23.4 Å². The second kappa shape index (κ2) is 9.48. The second-order valence-electron chi connectivity index (χ2n) is 8.21. The van der Waals surface area contributed by atoms with Gasteiger partial charge in [0.2, 0.25) is 0 Å². The maximum absolute atomic E-state index is 13.0. The van der Waals surface area contributed by atoms with Gasteiger partial charge in [0, 0.05) is 35.7 Å². The number of benzene rings is 2. The third-order valence-corrected chi connectivity index (χ3v) is 6.11. The molecule has 0 N–H and O–H groups in total. The van der Waals surface area contributed by atoms with Crippen molar-refractivity contribution in [3.63, 3.8) is 0 Å². The number of methoxy groups -OCH3 is 1. The number of fused-ring (bicyclic) bond motifs is 2. The smallest absolute Gasteiger partial charge is 0.339 e. The zero-order chi connectivity index (χ0) is 23.5. The molecule has 172 valence electrons. The Hall–Kier alpha value is -3.61. The number of carbonyl (C=O) groups is 2. The highest BCUT2D eigenvalue weighted by molar-refractivity contribution is 5.98. The van der Waals surface area contributed by atoms with Gasteiger partial charge in [-0.1, -0.05) is 18.2 Å². The molecular formula is C26H27NO6. The van der Waals surface area contributed by atoms with Gasteiger partial charge in [-0.15, -0.1) is 0 Å². The SMILES string of the molecule is COc1ccc2c(C)c(CCC(=O)O[C@@H](C)C(=O)N3CCCc4ccccc43)c(=O)oc2c1. The van der Waals surface area contributed by atoms with Crippen LogP contribution in [0.3, 0.4) is 0 Å². The normalized spacial score (nSPS) is 14.0. The van der Waals surface area contributed by atoms with Gasteiger partial charge in [0.15, 0.2) is 6.10 Å². The summed E-state index contributed by atoms with van der Waals surface area (Å²) >= 11 is 0. The van der Waals surface area contributed by atoms with Crippen LogP contribution in [-0.4, -0.2) is 31.6 Å². The molecule has 1 atom stereocenters. The molecule has 1 aliphatic heterocycles. The number of nitrogens with zero attached hydrogens (tertiary/aromatic N) is 1. The molecule has 0 radical (unpaired) electrons. The third-order valence-electron chi connectivity index (χ3n) is 6.11. The maximum atomic E-state index is 13.0. The summed E-state index contributed by atoms with van der Waals surface area (Å²) in [6.45, 7) is 4.01. The number of carbonyl (C=O) groups excluding carboxylic acids is 2. The zero-order valence-electron chi connectivity index (χ0n) is 19.1. The molecule has 0 unspecified atom stereocenters. The van der Waals surface area contributed by atoms with E-state index in [4.69, 9.17) is 13.9 Å². The average Bonchev–Trinajstić information content (AvgIpc) is 2.82. The number of hydrogen-bond donors (Lipinski definition) is 0. The Labute approximate surface area is 191 Å². The van der Waals surface area contributed by atoms with E-state index in [1.165, 1.54) is 0 Å². The van der Waals surface area contributed by atoms with Crippen LogP contribution in [0.4, 0.5) is 5.69 Å². The van der Waals surface area contributed by atoms with Crippen molar-refractivity contribution in [2.45, 2.75) is 45.6 Å². The number of para-hydroxylation sites is 1. The Morgan fingerprint density at radius 3 is 2.76 bits per heavy atom. The lowest BCUT2D eigenvalue weighted by atomic mass is 10.0. The fourth-order valence-electron chi connectivity index (χ4n) is 4.31. The van der Waals surface area contributed by atoms with Crippen LogP contribution in [0.1, 0.15) is 36.5 Å². The van der Waals surface area contributed by atoms with Crippen molar-refractivity contribution < 1.29 is 23.5 Å². The molecule has 7 heteroatoms. The molecule has 0 fully saturated rings. The van der Waals surface area contributed by atoms with E-state index >= 15 is 0 Å². The minimum absolute atomic E-state index is 0.0263. The molecule has 2 heterocycles. The summed E-state index contributed by atoms with van der Waals surface area (Å²) in [6, 6.07) is 13.1. The van der Waals surface area contributed by atoms with E-state index in [1.54, 1.807) is 31.1 Å². The number of aryl methyl sites for hydroxylation is 2. The Kier molecular flexibility index (Phi) is 6.49. The van der Waals surface area contributed by atoms with Gasteiger partial charge >= 0.3 is 11.6 Å². The molecule has 0 spiro atoms. The van der Waals surface area contributed by atoms with Crippen molar-refractivity contribution >= 4 is 28.5 Å². The van der Waals surface area contributed by atoms with Crippen LogP contribution in [-0.2, 0) is 27.2 Å². The molecule has 0 saturated carbocycles. The van der Waals surface area contributed by atoms with Crippen LogP contribution in [0.15, 0.2) is 51.7 Å². The number of anilines is 1. The quantitative estimate of drug-likeness (QED) is 0.418. The van der Waals surface area contributed by atoms with Gasteiger partial charge < -0.3 is 18.8 Å². The summed E-state index contributed by atoms with van der Waals surface area (Å²) in [4.78, 5) is 39.6. The average molecular weight is 450 g/mol. The van der Waals surface area contributed by atoms with Crippen LogP contribution in [0.2, 0.25) is 0 Å². The topological polar surface area (TPSA) is 86.0 Å². The van der Waals surface area contributed by atoms with Gasteiger partial charge in [-0.25, -0.2) is 4.79 Å². The Bertz CT molecular complexity index is 1260. The molecule has 1 aliphatic rings. The van der Waals surface area contributed by atoms with E-state index in [1.807, 2.05) is 37.3 Å². The summed E-state index contributed by atoms with van der Waals surface area (Å²) in [7, 11) is 1.54. The summed E-state index contributed by atoms with van der Waals surface area (Å²) < 4.78 is 16.0. The Morgan fingerprint density at radius 2 is 1.97 bits per heavy atom. The first kappa shape index (κ1) is 22.6. The fourth-order valence-corrected chi connectivity index (χ4v) is 4.31. The highest BCUT2D eigenvalue weighted by Crippen LogP contribution is 2.28. The van der Waals surface area contributed by atoms with Gasteiger partial charge in [-0.3, -0.25) is 9.59 Å². The van der Waals surface area contributed by atoms with Gasteiger partial charge in [0.1, 0.15) is 11.3 Å². The molecule has 2 aromatic carbocycles. The number of esters is 1. The van der Waals surface area contributed by atoms with Gasteiger partial charge in [-0.2, -0.15) is 0 Å². The maximum Gasteiger partial charge on any atom is 0.339 e. The molecule has 0 aliphatic carbocycles. The Balaban J connectivity index is 1.42. The van der Waals surface area contributed by atoms with Gasteiger partial charge in [0.05, 0.1) is 7.11 Å². The lowest BCUT2D eigenvalue weighted by Crippen LogP contribution is -2.42. The molecular weight excluding hydrogens is 422 g/mol. The summed E-state index contributed by atoms with van der Waals surface area (Å²) in [5.74, 6) is -0.183. The minimum atomic E-state index is -0.912. The lowest BCUT2D eigenvalue weighted by molar-refractivity contribution is -0.153. The number of hydrogen-bond acceptors (Lipinski definition) is 6. The van der Waals surface area contributed by atoms with E-state index in [-0.39, 0.29) is 18.7 Å². The molecule has 7 nitrogen and oxygen atoms in total. The molecule has 0 bridgehead atoms. The minimum Gasteiger partial charge on any atom is -0.497 e. The zero-order valence-corrected chi connectivity index (χ0v) is 19.1. The van der Waals surface area contributed by atoms with E-state index in [9.17, 15) is 14.4 Å². The van der Waals surface area contributed by atoms with Crippen molar-refractivity contribution in [3.8, 4) is 5.75 Å². The predicted octanol–water partition coefficient (Wildman–Crippen LogP) is 3.95. The van der Waals surface area contributed by atoms with Crippen molar-refractivity contribution in [1.82, 2.24) is 0 Å². The van der Waals surface area contributed by atoms with Crippen LogP contribution < -0.4 is 15.3 Å². The monoisotopic (exact) mass is 449 g/mol. The highest BCUT2D eigenvalue weighted by Gasteiger charge is 2.28. The molecule has 1 aromatic heterocycles. The van der Waals surface area contributed by atoms with E-state index in [2.05, 4.69) is 0 Å². The molecule has 1 amide bonds. The highest BCUT2D eigenvalue weighted by atomic mass is 16.5. The molecule has 3 aromatic rings. The van der Waals surface area contributed by atoms with Crippen molar-refractivity contribution in [1.29, 1.82) is 0 Å². The fraction of sp³-hybridized carbons (Fsp3) is 0.346. The molecule has 0 saturated heterocycles. The number of rotatable bonds is 6. The standard InChI is InChI=1S/C26H27NO6/c1-16-20-11-10-19(31-3)15-23(20)33-26(30)21(16)12-13-24(28)32-17(2)25(29)27-14-6-8-18-7-4-5-9-22(18)27/h4-5,7,9-11,15,17H,6,8,12-14H2,1-3H3/t17-/m0/s1. The summed E-state index contributed by atoms with van der Waals surface area (Å²) in [5.41, 5.74) is 3.11. The van der Waals surface area contributed by atoms with Crippen molar-refractivity contribution in [2.24, 2.45) is 0 Å². The lowest BCUT2D eigenvalue weighted by Gasteiger charge is -2.31. The Morgan fingerprint density at radius 1 is 1.18 bits per heavy atom. The molecule has 4 rings (SSSR count). The van der Waals surface area contributed by atoms with Crippen molar-refractivity contribution in [2.75, 3.05) is 18.6 Å². The summed E-state index contributed by atoms with van der Waals surface area (Å²) in [6.07, 6.45) is 1.02. The number of amides is 1. The summed E-state index contributed by atoms with van der Waals surface area (Å²) in [5, 5.41) is 0.783. The first-order valence-corrected chi connectivity index (χ1v) is 11.1. The largest absolute Gasteiger partial charge is 0.497 e. The van der Waals surface area contributed by atoms with Crippen LogP contribution in [0.25, 0.3) is 11.0 Å². The van der Waals surface area contributed by atoms with Crippen molar-refractivity contribution in [3.05, 3.63) is 69.6 Å². The second-order valence-corrected chi connectivity index (χ2v) is 8.21. The van der Waals surface area contributed by atoms with Crippen LogP contribution >= 0.6 is 0 Å². The number of ether oxygens (including phenoxy) is 2.